The van der Waals surface area contributed by atoms with E-state index >= 15 is 0 Å². The third-order valence-corrected chi connectivity index (χ3v) is 5.35. The Morgan fingerprint density at radius 3 is 2.96 bits per heavy atom. The molecule has 0 bridgehead atoms. The molecule has 2 heterocycles. The number of rotatable bonds is 6. The van der Waals surface area contributed by atoms with Crippen LogP contribution >= 0.6 is 11.8 Å². The lowest BCUT2D eigenvalue weighted by atomic mass is 10.2. The summed E-state index contributed by atoms with van der Waals surface area (Å²) in [6, 6.07) is 8.12. The first kappa shape index (κ1) is 17.7. The van der Waals surface area contributed by atoms with Crippen molar-refractivity contribution in [3.8, 4) is 5.69 Å². The fourth-order valence-corrected chi connectivity index (χ4v) is 3.89. The van der Waals surface area contributed by atoms with Crippen molar-refractivity contribution in [2.45, 2.75) is 36.9 Å². The first-order valence-electron chi connectivity index (χ1n) is 8.71. The van der Waals surface area contributed by atoms with Gasteiger partial charge < -0.3 is 5.32 Å². The van der Waals surface area contributed by atoms with Gasteiger partial charge in [-0.25, -0.2) is 9.07 Å². The van der Waals surface area contributed by atoms with Gasteiger partial charge in [-0.05, 0) is 41.5 Å². The van der Waals surface area contributed by atoms with E-state index in [0.29, 0.717) is 22.7 Å². The molecular weight excluding hydrogens is 369 g/mol. The first-order valence-corrected chi connectivity index (χ1v) is 9.70. The summed E-state index contributed by atoms with van der Waals surface area (Å²) in [5.74, 6) is 0.286. The van der Waals surface area contributed by atoms with Crippen molar-refractivity contribution in [1.29, 1.82) is 0 Å². The van der Waals surface area contributed by atoms with Gasteiger partial charge in [-0.2, -0.15) is 9.78 Å². The van der Waals surface area contributed by atoms with Crippen molar-refractivity contribution in [3.63, 3.8) is 0 Å². The Bertz CT molecular complexity index is 935. The standard InChI is InChI=1S/C17H18FN7OS/c18-12-4-3-7-14(10-12)25-17(21-22-23-25)27-11-16(26)20-15-8-9-19-24(15)13-5-1-2-6-13/h3-4,7-10,13H,1-2,5-6,11H2,(H,20,26). The number of amides is 1. The maximum absolute atomic E-state index is 13.4. The highest BCUT2D eigenvalue weighted by molar-refractivity contribution is 7.99. The number of nitrogens with zero attached hydrogens (tertiary/aromatic N) is 6. The first-order chi connectivity index (χ1) is 13.2. The van der Waals surface area contributed by atoms with E-state index < -0.39 is 0 Å². The van der Waals surface area contributed by atoms with Crippen LogP contribution in [0.3, 0.4) is 0 Å². The second-order valence-electron chi connectivity index (χ2n) is 6.29. The molecule has 1 fully saturated rings. The smallest absolute Gasteiger partial charge is 0.235 e. The lowest BCUT2D eigenvalue weighted by molar-refractivity contribution is -0.113. The van der Waals surface area contributed by atoms with Crippen molar-refractivity contribution in [3.05, 3.63) is 42.3 Å². The SMILES string of the molecule is O=C(CSc1nnnn1-c1cccc(F)c1)Nc1ccnn1C1CCCC1. The van der Waals surface area contributed by atoms with Crippen LogP contribution in [0, 0.1) is 5.82 Å². The molecule has 10 heteroatoms. The predicted octanol–water partition coefficient (Wildman–Crippen LogP) is 2.84. The highest BCUT2D eigenvalue weighted by Crippen LogP contribution is 2.31. The Hall–Kier alpha value is -2.75. The fraction of sp³-hybridized carbons (Fsp3) is 0.353. The minimum atomic E-state index is -0.378. The molecule has 4 rings (SSSR count). The molecule has 2 aromatic heterocycles. The van der Waals surface area contributed by atoms with Crippen LogP contribution in [0.2, 0.25) is 0 Å². The predicted molar refractivity (Wildman–Crippen MR) is 98.2 cm³/mol. The molecule has 0 saturated heterocycles. The molecule has 0 unspecified atom stereocenters. The molecule has 1 aliphatic carbocycles. The minimum Gasteiger partial charge on any atom is -0.310 e. The third-order valence-electron chi connectivity index (χ3n) is 4.43. The van der Waals surface area contributed by atoms with Crippen molar-refractivity contribution in [2.24, 2.45) is 0 Å². The summed E-state index contributed by atoms with van der Waals surface area (Å²) in [5.41, 5.74) is 0.502. The van der Waals surface area contributed by atoms with E-state index in [0.717, 1.165) is 12.8 Å². The zero-order valence-corrected chi connectivity index (χ0v) is 15.3. The van der Waals surface area contributed by atoms with Crippen LogP contribution in [0.25, 0.3) is 5.69 Å². The van der Waals surface area contributed by atoms with Gasteiger partial charge in [-0.1, -0.05) is 30.7 Å². The lowest BCUT2D eigenvalue weighted by Crippen LogP contribution is -2.19. The van der Waals surface area contributed by atoms with Crippen molar-refractivity contribution >= 4 is 23.5 Å². The van der Waals surface area contributed by atoms with E-state index in [9.17, 15) is 9.18 Å². The number of aromatic nitrogens is 6. The molecule has 0 atom stereocenters. The van der Waals surface area contributed by atoms with Gasteiger partial charge >= 0.3 is 0 Å². The van der Waals surface area contributed by atoms with Gasteiger partial charge in [0.15, 0.2) is 0 Å². The molecule has 0 aliphatic heterocycles. The lowest BCUT2D eigenvalue weighted by Gasteiger charge is -2.14. The van der Waals surface area contributed by atoms with E-state index in [2.05, 4.69) is 25.9 Å². The number of carbonyl (C=O) groups excluding carboxylic acids is 1. The topological polar surface area (TPSA) is 90.5 Å². The second kappa shape index (κ2) is 7.87. The van der Waals surface area contributed by atoms with Crippen molar-refractivity contribution in [1.82, 2.24) is 30.0 Å². The van der Waals surface area contributed by atoms with Gasteiger partial charge in [0.05, 0.1) is 23.7 Å². The number of thioether (sulfide) groups is 1. The molecule has 1 N–H and O–H groups in total. The Labute approximate surface area is 159 Å². The van der Waals surface area contributed by atoms with Gasteiger partial charge in [0.1, 0.15) is 11.6 Å². The molecule has 8 nitrogen and oxygen atoms in total. The van der Waals surface area contributed by atoms with E-state index in [-0.39, 0.29) is 17.5 Å². The summed E-state index contributed by atoms with van der Waals surface area (Å²) >= 11 is 1.19. The average Bonchev–Trinajstić information content (AvgIpc) is 3.41. The molecule has 1 aliphatic rings. The maximum Gasteiger partial charge on any atom is 0.235 e. The Morgan fingerprint density at radius 1 is 1.30 bits per heavy atom. The Morgan fingerprint density at radius 2 is 2.15 bits per heavy atom. The molecule has 27 heavy (non-hydrogen) atoms. The van der Waals surface area contributed by atoms with Crippen LogP contribution in [0.4, 0.5) is 10.2 Å². The summed E-state index contributed by atoms with van der Waals surface area (Å²) in [5, 5.41) is 19.1. The second-order valence-corrected chi connectivity index (χ2v) is 7.23. The van der Waals surface area contributed by atoms with Crippen LogP contribution in [0.15, 0.2) is 41.7 Å². The summed E-state index contributed by atoms with van der Waals surface area (Å²) in [7, 11) is 0. The number of halogens is 1. The number of benzene rings is 1. The van der Waals surface area contributed by atoms with Crippen LogP contribution < -0.4 is 5.32 Å². The molecular formula is C17H18FN7OS. The van der Waals surface area contributed by atoms with Crippen molar-refractivity contribution < 1.29 is 9.18 Å². The highest BCUT2D eigenvalue weighted by atomic mass is 32.2. The zero-order chi connectivity index (χ0) is 18.6. The number of carbonyl (C=O) groups is 1. The van der Waals surface area contributed by atoms with Crippen LogP contribution in [-0.4, -0.2) is 41.6 Å². The Kier molecular flexibility index (Phi) is 5.14. The number of nitrogens with one attached hydrogen (secondary N) is 1. The quantitative estimate of drug-likeness (QED) is 0.654. The molecule has 1 amide bonds. The molecule has 0 radical (unpaired) electrons. The molecule has 1 aromatic carbocycles. The largest absolute Gasteiger partial charge is 0.310 e. The van der Waals surface area contributed by atoms with Gasteiger partial charge in [-0.15, -0.1) is 5.10 Å². The zero-order valence-electron chi connectivity index (χ0n) is 14.5. The number of tetrazole rings is 1. The monoisotopic (exact) mass is 387 g/mol. The summed E-state index contributed by atoms with van der Waals surface area (Å²) < 4.78 is 16.7. The van der Waals surface area contributed by atoms with E-state index in [4.69, 9.17) is 0 Å². The Balaban J connectivity index is 1.40. The average molecular weight is 387 g/mol. The van der Waals surface area contributed by atoms with Gasteiger partial charge in [0.2, 0.25) is 11.1 Å². The number of anilines is 1. The van der Waals surface area contributed by atoms with E-state index in [1.54, 1.807) is 24.4 Å². The van der Waals surface area contributed by atoms with Crippen molar-refractivity contribution in [2.75, 3.05) is 11.1 Å². The van der Waals surface area contributed by atoms with Gasteiger partial charge in [0, 0.05) is 6.07 Å². The summed E-state index contributed by atoms with van der Waals surface area (Å²) in [4.78, 5) is 12.4. The van der Waals surface area contributed by atoms with Crippen LogP contribution in [-0.2, 0) is 4.79 Å². The van der Waals surface area contributed by atoms with Gasteiger partial charge in [-0.3, -0.25) is 4.79 Å². The highest BCUT2D eigenvalue weighted by Gasteiger charge is 2.21. The third kappa shape index (κ3) is 4.00. The number of hydrogen-bond donors (Lipinski definition) is 1. The van der Waals surface area contributed by atoms with E-state index in [1.165, 1.54) is 41.4 Å². The normalized spacial score (nSPS) is 14.6. The maximum atomic E-state index is 13.4. The van der Waals surface area contributed by atoms with Crippen LogP contribution in [0.1, 0.15) is 31.7 Å². The molecule has 0 spiro atoms. The van der Waals surface area contributed by atoms with Crippen LogP contribution in [0.5, 0.6) is 0 Å². The molecule has 1 saturated carbocycles. The minimum absolute atomic E-state index is 0.130. The molecule has 3 aromatic rings. The number of hydrogen-bond acceptors (Lipinski definition) is 6. The fourth-order valence-electron chi connectivity index (χ4n) is 3.20. The molecule has 140 valence electrons. The summed E-state index contributed by atoms with van der Waals surface area (Å²) in [6.45, 7) is 0. The van der Waals surface area contributed by atoms with Gasteiger partial charge in [0.25, 0.3) is 0 Å². The summed E-state index contributed by atoms with van der Waals surface area (Å²) in [6.07, 6.45) is 6.25. The van der Waals surface area contributed by atoms with E-state index in [1.807, 2.05) is 4.68 Å².